The van der Waals surface area contributed by atoms with Crippen molar-refractivity contribution >= 4 is 22.5 Å². The van der Waals surface area contributed by atoms with Gasteiger partial charge in [0.2, 0.25) is 5.88 Å². The Labute approximate surface area is 84.8 Å². The molecule has 2 rings (SSSR count). The largest absolute Gasteiger partial charge is 0.479 e. The molecule has 1 aromatic heterocycles. The Hall–Kier alpha value is -1.55. The molecule has 0 aliphatic carbocycles. The van der Waals surface area contributed by atoms with Crippen molar-refractivity contribution in [2.24, 2.45) is 0 Å². The molecule has 0 amide bonds. The van der Waals surface area contributed by atoms with Crippen LogP contribution in [-0.4, -0.2) is 16.4 Å². The van der Waals surface area contributed by atoms with Gasteiger partial charge >= 0.3 is 0 Å². The maximum Gasteiger partial charge on any atom is 0.290 e. The second kappa shape index (κ2) is 3.31. The van der Waals surface area contributed by atoms with Crippen LogP contribution in [0.5, 0.6) is 5.88 Å². The Kier molecular flexibility index (Phi) is 2.13. The van der Waals surface area contributed by atoms with Crippen LogP contribution in [-0.2, 0) is 0 Å². The lowest BCUT2D eigenvalue weighted by atomic mass is 10.2. The van der Waals surface area contributed by atoms with Gasteiger partial charge in [-0.3, -0.25) is 4.79 Å². The highest BCUT2D eigenvalue weighted by molar-refractivity contribution is 6.15. The van der Waals surface area contributed by atoms with Crippen molar-refractivity contribution in [2.75, 3.05) is 7.11 Å². The molecule has 5 heteroatoms. The molecule has 0 bridgehead atoms. The van der Waals surface area contributed by atoms with Gasteiger partial charge in [-0.2, -0.15) is 0 Å². The molecule has 14 heavy (non-hydrogen) atoms. The van der Waals surface area contributed by atoms with Gasteiger partial charge in [0.15, 0.2) is 0 Å². The van der Waals surface area contributed by atoms with Gasteiger partial charge in [0.25, 0.3) is 5.56 Å². The van der Waals surface area contributed by atoms with E-state index in [9.17, 15) is 4.79 Å². The number of hydrogen-bond donors (Lipinski definition) is 0. The summed E-state index contributed by atoms with van der Waals surface area (Å²) in [7, 11) is 1.48. The number of rotatable bonds is 1. The van der Waals surface area contributed by atoms with E-state index in [1.165, 1.54) is 7.11 Å². The van der Waals surface area contributed by atoms with Crippen LogP contribution in [0.1, 0.15) is 0 Å². The zero-order valence-corrected chi connectivity index (χ0v) is 8.15. The quantitative estimate of drug-likeness (QED) is 0.715. The highest BCUT2D eigenvalue weighted by Crippen LogP contribution is 2.19. The number of benzene rings is 1. The average molecular weight is 211 g/mol. The lowest BCUT2D eigenvalue weighted by Gasteiger charge is -2.03. The van der Waals surface area contributed by atoms with Crippen LogP contribution in [0.25, 0.3) is 10.8 Å². The molecule has 0 aliphatic heterocycles. The number of aromatic nitrogens is 2. The molecule has 0 atom stereocenters. The van der Waals surface area contributed by atoms with E-state index in [0.717, 1.165) is 4.20 Å². The highest BCUT2D eigenvalue weighted by Gasteiger charge is 2.08. The van der Waals surface area contributed by atoms with Crippen molar-refractivity contribution < 1.29 is 4.74 Å². The van der Waals surface area contributed by atoms with E-state index >= 15 is 0 Å². The van der Waals surface area contributed by atoms with Gasteiger partial charge in [-0.25, -0.2) is 0 Å². The molecule has 4 nitrogen and oxygen atoms in total. The number of nitrogens with zero attached hydrogens (tertiary/aromatic N) is 2. The van der Waals surface area contributed by atoms with Gasteiger partial charge in [-0.05, 0) is 12.1 Å². The molecule has 0 aliphatic rings. The third kappa shape index (κ3) is 1.24. The van der Waals surface area contributed by atoms with E-state index in [2.05, 4.69) is 5.10 Å². The molecule has 0 radical (unpaired) electrons. The van der Waals surface area contributed by atoms with Gasteiger partial charge < -0.3 is 4.74 Å². The van der Waals surface area contributed by atoms with E-state index in [1.54, 1.807) is 18.2 Å². The molecule has 0 spiro atoms. The molecule has 1 heterocycles. The standard InChI is InChI=1S/C9H7ClN2O2/c1-14-8-6-4-2-3-5-7(6)9(13)12(10)11-8/h2-5H,1H3. The molecule has 72 valence electrons. The van der Waals surface area contributed by atoms with E-state index in [4.69, 9.17) is 16.5 Å². The number of methoxy groups -OCH3 is 1. The number of ether oxygens (including phenoxy) is 1. The van der Waals surface area contributed by atoms with Gasteiger partial charge in [0, 0.05) is 11.8 Å². The minimum absolute atomic E-state index is 0.343. The zero-order valence-electron chi connectivity index (χ0n) is 7.40. The summed E-state index contributed by atoms with van der Waals surface area (Å²) in [5.74, 6) is 0.343. The van der Waals surface area contributed by atoms with Gasteiger partial charge in [0.1, 0.15) is 0 Å². The van der Waals surface area contributed by atoms with E-state index in [0.29, 0.717) is 16.7 Å². The SMILES string of the molecule is COc1nn(Cl)c(=O)c2ccccc12. The van der Waals surface area contributed by atoms with Crippen molar-refractivity contribution in [1.82, 2.24) is 9.30 Å². The van der Waals surface area contributed by atoms with Crippen LogP contribution in [0.15, 0.2) is 29.1 Å². The maximum absolute atomic E-state index is 11.5. The maximum atomic E-state index is 11.5. The predicted octanol–water partition coefficient (Wildman–Crippen LogP) is 1.41. The van der Waals surface area contributed by atoms with Gasteiger partial charge in [-0.15, -0.1) is 9.30 Å². The summed E-state index contributed by atoms with van der Waals surface area (Å²) in [4.78, 5) is 11.5. The van der Waals surface area contributed by atoms with Crippen molar-refractivity contribution in [1.29, 1.82) is 0 Å². The molecule has 1 aromatic carbocycles. The summed E-state index contributed by atoms with van der Waals surface area (Å²) in [5.41, 5.74) is -0.344. The summed E-state index contributed by atoms with van der Waals surface area (Å²) in [6.45, 7) is 0. The third-order valence-electron chi connectivity index (χ3n) is 1.93. The van der Waals surface area contributed by atoms with Crippen LogP contribution in [0, 0.1) is 0 Å². The van der Waals surface area contributed by atoms with E-state index < -0.39 is 0 Å². The first-order chi connectivity index (χ1) is 6.74. The Bertz CT molecular complexity index is 536. The number of fused-ring (bicyclic) bond motifs is 1. The average Bonchev–Trinajstić information content (AvgIpc) is 2.23. The van der Waals surface area contributed by atoms with Crippen LogP contribution in [0.4, 0.5) is 0 Å². The monoisotopic (exact) mass is 210 g/mol. The smallest absolute Gasteiger partial charge is 0.290 e. The fraction of sp³-hybridized carbons (Fsp3) is 0.111. The summed E-state index contributed by atoms with van der Waals surface area (Å²) < 4.78 is 5.76. The predicted molar refractivity (Wildman–Crippen MR) is 53.8 cm³/mol. The molecule has 2 aromatic rings. The second-order valence-electron chi connectivity index (χ2n) is 2.72. The van der Waals surface area contributed by atoms with Gasteiger partial charge in [0.05, 0.1) is 17.9 Å². The third-order valence-corrected chi connectivity index (χ3v) is 2.16. The lowest BCUT2D eigenvalue weighted by molar-refractivity contribution is 0.395. The zero-order chi connectivity index (χ0) is 10.1. The molecule has 0 saturated heterocycles. The van der Waals surface area contributed by atoms with Crippen LogP contribution in [0.2, 0.25) is 0 Å². The minimum Gasteiger partial charge on any atom is -0.479 e. The Balaban J connectivity index is 2.97. The number of hydrogen-bond acceptors (Lipinski definition) is 3. The van der Waals surface area contributed by atoms with E-state index in [-0.39, 0.29) is 5.56 Å². The normalized spacial score (nSPS) is 10.4. The molecular formula is C9H7ClN2O2. The summed E-state index contributed by atoms with van der Waals surface area (Å²) >= 11 is 5.58. The van der Waals surface area contributed by atoms with Crippen LogP contribution >= 0.6 is 11.8 Å². The first-order valence-corrected chi connectivity index (χ1v) is 4.30. The summed E-state index contributed by atoms with van der Waals surface area (Å²) in [6, 6.07) is 7.02. The summed E-state index contributed by atoms with van der Waals surface area (Å²) in [5, 5.41) is 4.93. The molecular weight excluding hydrogens is 204 g/mol. The van der Waals surface area contributed by atoms with E-state index in [1.807, 2.05) is 6.07 Å². The first kappa shape index (κ1) is 9.02. The van der Waals surface area contributed by atoms with Crippen molar-refractivity contribution in [3.8, 4) is 5.88 Å². The number of halogens is 1. The molecule has 0 fully saturated rings. The highest BCUT2D eigenvalue weighted by atomic mass is 35.5. The Morgan fingerprint density at radius 2 is 2.00 bits per heavy atom. The second-order valence-corrected chi connectivity index (χ2v) is 3.04. The first-order valence-electron chi connectivity index (χ1n) is 3.96. The minimum atomic E-state index is -0.344. The fourth-order valence-corrected chi connectivity index (χ4v) is 1.45. The van der Waals surface area contributed by atoms with Crippen molar-refractivity contribution in [3.63, 3.8) is 0 Å². The van der Waals surface area contributed by atoms with Crippen LogP contribution < -0.4 is 10.3 Å². The lowest BCUT2D eigenvalue weighted by Crippen LogP contribution is -2.16. The molecule has 0 N–H and O–H groups in total. The Morgan fingerprint density at radius 3 is 2.64 bits per heavy atom. The molecule has 0 unspecified atom stereocenters. The fourth-order valence-electron chi connectivity index (χ4n) is 1.29. The van der Waals surface area contributed by atoms with Gasteiger partial charge in [-0.1, -0.05) is 12.1 Å². The van der Waals surface area contributed by atoms with Crippen molar-refractivity contribution in [3.05, 3.63) is 34.6 Å². The van der Waals surface area contributed by atoms with Crippen LogP contribution in [0.3, 0.4) is 0 Å². The summed E-state index contributed by atoms with van der Waals surface area (Å²) in [6.07, 6.45) is 0. The molecule has 0 saturated carbocycles. The Morgan fingerprint density at radius 1 is 1.36 bits per heavy atom. The topological polar surface area (TPSA) is 44.1 Å². The van der Waals surface area contributed by atoms with Crippen molar-refractivity contribution in [2.45, 2.75) is 0 Å².